The van der Waals surface area contributed by atoms with E-state index in [0.717, 1.165) is 0 Å². The van der Waals surface area contributed by atoms with Crippen molar-refractivity contribution in [2.45, 2.75) is 12.2 Å². The van der Waals surface area contributed by atoms with Crippen LogP contribution in [0.4, 0.5) is 5.69 Å². The SMILES string of the molecule is COC(=C(OC)c1ccccc1OC)c1cc(OC)c(NC(=O)CC(=O)O)cc1CS(=O)[O-]. The number of amides is 1. The van der Waals surface area contributed by atoms with E-state index in [1.807, 2.05) is 0 Å². The van der Waals surface area contributed by atoms with Gasteiger partial charge in [0.1, 0.15) is 17.9 Å². The minimum Gasteiger partial charge on any atom is -0.772 e. The summed E-state index contributed by atoms with van der Waals surface area (Å²) in [6, 6.07) is 9.91. The third kappa shape index (κ3) is 6.46. The maximum Gasteiger partial charge on any atom is 0.312 e. The molecule has 1 amide bonds. The summed E-state index contributed by atoms with van der Waals surface area (Å²) in [6.45, 7) is 0. The predicted octanol–water partition coefficient (Wildman–Crippen LogP) is 2.61. The van der Waals surface area contributed by atoms with E-state index in [0.29, 0.717) is 16.9 Å². The van der Waals surface area contributed by atoms with Crippen LogP contribution in [-0.4, -0.2) is 54.2 Å². The molecular weight excluding hydrogens is 454 g/mol. The van der Waals surface area contributed by atoms with Crippen LogP contribution in [0.1, 0.15) is 23.1 Å². The second kappa shape index (κ2) is 11.9. The molecule has 2 aromatic carbocycles. The molecule has 2 N–H and O–H groups in total. The third-order valence-corrected chi connectivity index (χ3v) is 5.04. The van der Waals surface area contributed by atoms with Gasteiger partial charge in [-0.2, -0.15) is 0 Å². The van der Waals surface area contributed by atoms with Crippen molar-refractivity contribution in [1.29, 1.82) is 0 Å². The van der Waals surface area contributed by atoms with Crippen LogP contribution in [0.5, 0.6) is 11.5 Å². The van der Waals surface area contributed by atoms with Gasteiger partial charge >= 0.3 is 5.97 Å². The Hall–Kier alpha value is -3.57. The average molecular weight is 478 g/mol. The summed E-state index contributed by atoms with van der Waals surface area (Å²) in [6.07, 6.45) is -0.765. The number of nitrogens with one attached hydrogen (secondary N) is 1. The van der Waals surface area contributed by atoms with Gasteiger partial charge < -0.3 is 33.9 Å². The van der Waals surface area contributed by atoms with Crippen LogP contribution in [-0.2, 0) is 35.9 Å². The second-order valence-corrected chi connectivity index (χ2v) is 7.44. The van der Waals surface area contributed by atoms with Gasteiger partial charge in [-0.15, -0.1) is 0 Å². The number of ether oxygens (including phenoxy) is 4. The summed E-state index contributed by atoms with van der Waals surface area (Å²) in [5.41, 5.74) is 1.26. The lowest BCUT2D eigenvalue weighted by Crippen LogP contribution is -2.17. The number of carboxylic acid groups (broad SMARTS) is 1. The number of para-hydroxylation sites is 1. The average Bonchev–Trinajstić information content (AvgIpc) is 2.77. The van der Waals surface area contributed by atoms with Crippen molar-refractivity contribution in [2.75, 3.05) is 33.8 Å². The van der Waals surface area contributed by atoms with Crippen LogP contribution in [0, 0.1) is 0 Å². The number of carbonyl (C=O) groups is 2. The van der Waals surface area contributed by atoms with Crippen LogP contribution in [0.25, 0.3) is 11.5 Å². The number of anilines is 1. The Morgan fingerprint density at radius 1 is 0.970 bits per heavy atom. The maximum absolute atomic E-state index is 12.0. The Morgan fingerprint density at radius 3 is 2.12 bits per heavy atom. The molecule has 33 heavy (non-hydrogen) atoms. The minimum absolute atomic E-state index is 0.111. The van der Waals surface area contributed by atoms with Gasteiger partial charge in [-0.05, 0) is 29.8 Å². The molecule has 0 spiro atoms. The summed E-state index contributed by atoms with van der Waals surface area (Å²) in [5, 5.41) is 11.3. The summed E-state index contributed by atoms with van der Waals surface area (Å²) in [4.78, 5) is 22.8. The number of methoxy groups -OCH3 is 4. The summed E-state index contributed by atoms with van der Waals surface area (Å²) >= 11 is -2.49. The van der Waals surface area contributed by atoms with Crippen molar-refractivity contribution in [3.05, 3.63) is 53.1 Å². The van der Waals surface area contributed by atoms with Gasteiger partial charge in [0.15, 0.2) is 11.5 Å². The number of hydrogen-bond donors (Lipinski definition) is 2. The summed E-state index contributed by atoms with van der Waals surface area (Å²) in [7, 11) is 5.69. The van der Waals surface area contributed by atoms with E-state index in [-0.39, 0.29) is 28.5 Å². The zero-order chi connectivity index (χ0) is 24.5. The summed E-state index contributed by atoms with van der Waals surface area (Å²) < 4.78 is 45.1. The van der Waals surface area contributed by atoms with Gasteiger partial charge in [0.05, 0.1) is 39.7 Å². The molecule has 11 heteroatoms. The van der Waals surface area contributed by atoms with Crippen molar-refractivity contribution in [2.24, 2.45) is 0 Å². The second-order valence-electron chi connectivity index (χ2n) is 6.54. The first-order chi connectivity index (χ1) is 15.7. The molecular formula is C22H24NO9S-. The lowest BCUT2D eigenvalue weighted by atomic mass is 10.0. The van der Waals surface area contributed by atoms with E-state index in [9.17, 15) is 18.4 Å². The van der Waals surface area contributed by atoms with Crippen LogP contribution in [0.2, 0.25) is 0 Å². The fraction of sp³-hybridized carbons (Fsp3) is 0.273. The summed E-state index contributed by atoms with van der Waals surface area (Å²) in [5.74, 6) is -1.39. The van der Waals surface area contributed by atoms with Crippen LogP contribution in [0.3, 0.4) is 0 Å². The molecule has 0 aliphatic heterocycles. The van der Waals surface area contributed by atoms with Gasteiger partial charge in [0.2, 0.25) is 5.91 Å². The molecule has 0 aliphatic carbocycles. The number of rotatable bonds is 11. The first kappa shape index (κ1) is 25.7. The highest BCUT2D eigenvalue weighted by molar-refractivity contribution is 7.78. The number of aliphatic carboxylic acids is 1. The van der Waals surface area contributed by atoms with Gasteiger partial charge in [0.25, 0.3) is 0 Å². The molecule has 2 rings (SSSR count). The van der Waals surface area contributed by atoms with Gasteiger partial charge in [-0.1, -0.05) is 23.2 Å². The Labute approximate surface area is 193 Å². The highest BCUT2D eigenvalue weighted by atomic mass is 32.2. The molecule has 1 atom stereocenters. The fourth-order valence-electron chi connectivity index (χ4n) is 3.16. The molecule has 0 aliphatic rings. The molecule has 0 aromatic heterocycles. The molecule has 178 valence electrons. The zero-order valence-electron chi connectivity index (χ0n) is 18.5. The standard InChI is InChI=1S/C22H25NO9S/c1-29-17-8-6-5-7-14(17)21(31-3)22(32-4)15-10-18(30-2)16(9-13(15)12-33(27)28)23-19(24)11-20(25)26/h5-10H,11-12H2,1-4H3,(H,23,24)(H,25,26)(H,27,28)/p-1. The molecule has 0 fully saturated rings. The predicted molar refractivity (Wildman–Crippen MR) is 120 cm³/mol. The van der Waals surface area contributed by atoms with E-state index in [2.05, 4.69) is 5.32 Å². The Kier molecular flexibility index (Phi) is 9.25. The van der Waals surface area contributed by atoms with Crippen LogP contribution < -0.4 is 14.8 Å². The smallest absolute Gasteiger partial charge is 0.312 e. The number of carbonyl (C=O) groups excluding carboxylic acids is 1. The Bertz CT molecular complexity index is 1080. The normalized spacial score (nSPS) is 12.3. The highest BCUT2D eigenvalue weighted by Crippen LogP contribution is 2.38. The number of benzene rings is 2. The van der Waals surface area contributed by atoms with Crippen LogP contribution >= 0.6 is 0 Å². The molecule has 0 radical (unpaired) electrons. The van der Waals surface area contributed by atoms with Crippen molar-refractivity contribution in [3.8, 4) is 11.5 Å². The van der Waals surface area contributed by atoms with Gasteiger partial charge in [-0.25, -0.2) is 0 Å². The molecule has 0 saturated heterocycles. The van der Waals surface area contributed by atoms with Crippen molar-refractivity contribution < 1.29 is 42.4 Å². The van der Waals surface area contributed by atoms with E-state index in [1.54, 1.807) is 24.3 Å². The first-order valence-electron chi connectivity index (χ1n) is 9.50. The third-order valence-electron chi connectivity index (χ3n) is 4.50. The van der Waals surface area contributed by atoms with Crippen molar-refractivity contribution in [1.82, 2.24) is 0 Å². The number of carboxylic acids is 1. The van der Waals surface area contributed by atoms with Crippen molar-refractivity contribution in [3.63, 3.8) is 0 Å². The lowest BCUT2D eigenvalue weighted by molar-refractivity contribution is -0.139. The van der Waals surface area contributed by atoms with E-state index < -0.39 is 35.1 Å². The molecule has 0 heterocycles. The molecule has 0 saturated carbocycles. The topological polar surface area (TPSA) is 143 Å². The lowest BCUT2D eigenvalue weighted by Gasteiger charge is -2.21. The molecule has 2 aromatic rings. The monoisotopic (exact) mass is 478 g/mol. The van der Waals surface area contributed by atoms with E-state index in [1.165, 1.54) is 40.6 Å². The molecule has 0 bridgehead atoms. The Balaban J connectivity index is 2.75. The molecule has 1 unspecified atom stereocenters. The highest BCUT2D eigenvalue weighted by Gasteiger charge is 2.22. The van der Waals surface area contributed by atoms with Crippen molar-refractivity contribution >= 4 is 40.2 Å². The Morgan fingerprint density at radius 2 is 1.58 bits per heavy atom. The quantitative estimate of drug-likeness (QED) is 0.215. The zero-order valence-corrected chi connectivity index (χ0v) is 19.3. The molecule has 10 nitrogen and oxygen atoms in total. The first-order valence-corrected chi connectivity index (χ1v) is 10.7. The van der Waals surface area contributed by atoms with Gasteiger partial charge in [-0.3, -0.25) is 13.8 Å². The largest absolute Gasteiger partial charge is 0.772 e. The van der Waals surface area contributed by atoms with Crippen LogP contribution in [0.15, 0.2) is 36.4 Å². The van der Waals surface area contributed by atoms with Gasteiger partial charge in [0, 0.05) is 11.3 Å². The number of hydrogen-bond acceptors (Lipinski definition) is 8. The minimum atomic E-state index is -2.49. The fourth-order valence-corrected chi connectivity index (χ4v) is 3.66. The van der Waals surface area contributed by atoms with E-state index in [4.69, 9.17) is 24.1 Å². The maximum atomic E-state index is 12.0. The van der Waals surface area contributed by atoms with E-state index >= 15 is 0 Å².